The number of aryl methyl sites for hydroxylation is 1. The van der Waals surface area contributed by atoms with Crippen molar-refractivity contribution in [2.45, 2.75) is 19.3 Å². The van der Waals surface area contributed by atoms with Crippen LogP contribution in [0.15, 0.2) is 42.5 Å². The van der Waals surface area contributed by atoms with Gasteiger partial charge in [0.25, 0.3) is 5.91 Å². The molecule has 1 aliphatic rings. The van der Waals surface area contributed by atoms with Gasteiger partial charge in [-0.05, 0) is 48.2 Å². The number of esters is 1. The number of nitrogens with one attached hydrogen (secondary N) is 2. The molecule has 0 radical (unpaired) electrons. The molecule has 0 bridgehead atoms. The number of fused-ring (bicyclic) bond motifs is 1. The number of rotatable bonds is 7. The summed E-state index contributed by atoms with van der Waals surface area (Å²) in [6, 6.07) is 12.5. The van der Waals surface area contributed by atoms with Gasteiger partial charge in [0.15, 0.2) is 6.61 Å². The van der Waals surface area contributed by atoms with E-state index in [1.807, 2.05) is 24.3 Å². The average molecular weight is 382 g/mol. The van der Waals surface area contributed by atoms with Gasteiger partial charge in [0, 0.05) is 18.7 Å². The van der Waals surface area contributed by atoms with Gasteiger partial charge in [-0.3, -0.25) is 9.59 Å². The molecule has 0 aromatic heterocycles. The predicted molar refractivity (Wildman–Crippen MR) is 103 cm³/mol. The van der Waals surface area contributed by atoms with Crippen LogP contribution in [0, 0.1) is 0 Å². The monoisotopic (exact) mass is 382 g/mol. The first-order valence-corrected chi connectivity index (χ1v) is 9.05. The molecule has 7 heteroatoms. The Morgan fingerprint density at radius 2 is 1.96 bits per heavy atom. The van der Waals surface area contributed by atoms with Gasteiger partial charge in [-0.15, -0.1) is 0 Å². The van der Waals surface area contributed by atoms with Crippen LogP contribution in [0.1, 0.15) is 27.9 Å². The van der Waals surface area contributed by atoms with E-state index in [0.29, 0.717) is 37.1 Å². The minimum Gasteiger partial charge on any atom is -0.496 e. The fourth-order valence-corrected chi connectivity index (χ4v) is 3.02. The molecular formula is C21H22N2O5. The van der Waals surface area contributed by atoms with Crippen molar-refractivity contribution >= 4 is 23.5 Å². The molecule has 1 aliphatic heterocycles. The quantitative estimate of drug-likeness (QED) is 0.716. The van der Waals surface area contributed by atoms with Gasteiger partial charge in [-0.25, -0.2) is 4.79 Å². The van der Waals surface area contributed by atoms with Gasteiger partial charge in [0.05, 0.1) is 12.7 Å². The molecule has 0 saturated heterocycles. The Labute approximate surface area is 163 Å². The number of carbonyl (C=O) groups is 3. The van der Waals surface area contributed by atoms with Crippen molar-refractivity contribution in [1.29, 1.82) is 0 Å². The van der Waals surface area contributed by atoms with Gasteiger partial charge in [-0.1, -0.05) is 18.2 Å². The summed E-state index contributed by atoms with van der Waals surface area (Å²) in [5.41, 5.74) is 2.94. The highest BCUT2D eigenvalue weighted by Gasteiger charge is 2.17. The number of ether oxygens (including phenoxy) is 2. The van der Waals surface area contributed by atoms with Crippen LogP contribution in [0.2, 0.25) is 0 Å². The fourth-order valence-electron chi connectivity index (χ4n) is 3.02. The molecule has 3 rings (SSSR count). The first-order chi connectivity index (χ1) is 13.6. The normalized spacial score (nSPS) is 12.5. The minimum atomic E-state index is -0.570. The van der Waals surface area contributed by atoms with E-state index in [1.165, 1.54) is 0 Å². The molecule has 28 heavy (non-hydrogen) atoms. The highest BCUT2D eigenvalue weighted by atomic mass is 16.5. The average Bonchev–Trinajstić information content (AvgIpc) is 2.72. The van der Waals surface area contributed by atoms with Crippen LogP contribution >= 0.6 is 0 Å². The van der Waals surface area contributed by atoms with E-state index < -0.39 is 5.97 Å². The van der Waals surface area contributed by atoms with Crippen molar-refractivity contribution < 1.29 is 23.9 Å². The summed E-state index contributed by atoms with van der Waals surface area (Å²) in [5.74, 6) is -0.201. The number of amides is 2. The van der Waals surface area contributed by atoms with E-state index in [-0.39, 0.29) is 18.4 Å². The zero-order valence-electron chi connectivity index (χ0n) is 15.6. The van der Waals surface area contributed by atoms with Crippen LogP contribution in [-0.2, 0) is 27.2 Å². The van der Waals surface area contributed by atoms with Crippen LogP contribution in [-0.4, -0.2) is 38.0 Å². The molecule has 1 heterocycles. The largest absolute Gasteiger partial charge is 0.496 e. The molecule has 2 aromatic carbocycles. The van der Waals surface area contributed by atoms with Crippen LogP contribution in [0.3, 0.4) is 0 Å². The summed E-state index contributed by atoms with van der Waals surface area (Å²) in [5, 5.41) is 5.48. The van der Waals surface area contributed by atoms with Gasteiger partial charge < -0.3 is 20.1 Å². The summed E-state index contributed by atoms with van der Waals surface area (Å²) in [6.07, 6.45) is 1.58. The van der Waals surface area contributed by atoms with E-state index in [1.54, 1.807) is 25.3 Å². The molecule has 0 fully saturated rings. The van der Waals surface area contributed by atoms with E-state index >= 15 is 0 Å². The van der Waals surface area contributed by atoms with Crippen molar-refractivity contribution in [3.8, 4) is 5.75 Å². The Hall–Kier alpha value is -3.35. The lowest BCUT2D eigenvalue weighted by atomic mass is 10.0. The maximum Gasteiger partial charge on any atom is 0.338 e. The molecule has 2 amide bonds. The summed E-state index contributed by atoms with van der Waals surface area (Å²) in [6.45, 7) is 0.0634. The minimum absolute atomic E-state index is 0.0346. The van der Waals surface area contributed by atoms with E-state index in [0.717, 1.165) is 16.9 Å². The maximum atomic E-state index is 12.2. The molecule has 0 spiro atoms. The zero-order chi connectivity index (χ0) is 19.9. The molecule has 0 aliphatic carbocycles. The van der Waals surface area contributed by atoms with Crippen molar-refractivity contribution in [3.05, 3.63) is 59.2 Å². The third kappa shape index (κ3) is 4.88. The Morgan fingerprint density at radius 3 is 2.79 bits per heavy atom. The van der Waals surface area contributed by atoms with Crippen molar-refractivity contribution in [1.82, 2.24) is 5.32 Å². The van der Waals surface area contributed by atoms with E-state index in [9.17, 15) is 14.4 Å². The Bertz CT molecular complexity index is 894. The van der Waals surface area contributed by atoms with Gasteiger partial charge in [0.2, 0.25) is 5.91 Å². The van der Waals surface area contributed by atoms with Crippen LogP contribution < -0.4 is 15.4 Å². The lowest BCUT2D eigenvalue weighted by molar-refractivity contribution is -0.124. The van der Waals surface area contributed by atoms with Crippen molar-refractivity contribution in [2.75, 3.05) is 25.6 Å². The standard InChI is InChI=1S/C21H22N2O5/c1-27-18-5-3-2-4-14(18)10-11-22-20(25)13-28-21(26)16-6-8-17-15(12-16)7-9-19(24)23-17/h2-6,8,12H,7,9-11,13H2,1H3,(H,22,25)(H,23,24). The fraction of sp³-hybridized carbons (Fsp3) is 0.286. The number of anilines is 1. The topological polar surface area (TPSA) is 93.7 Å². The van der Waals surface area contributed by atoms with Crippen LogP contribution in [0.25, 0.3) is 0 Å². The third-order valence-electron chi connectivity index (χ3n) is 4.48. The summed E-state index contributed by atoms with van der Waals surface area (Å²) in [7, 11) is 1.60. The van der Waals surface area contributed by atoms with E-state index in [2.05, 4.69) is 10.6 Å². The second-order valence-corrected chi connectivity index (χ2v) is 6.41. The summed E-state index contributed by atoms with van der Waals surface area (Å²) >= 11 is 0. The van der Waals surface area contributed by atoms with Gasteiger partial charge >= 0.3 is 5.97 Å². The molecule has 0 saturated carbocycles. The smallest absolute Gasteiger partial charge is 0.338 e. The Morgan fingerprint density at radius 1 is 1.14 bits per heavy atom. The molecule has 0 atom stereocenters. The first-order valence-electron chi connectivity index (χ1n) is 9.05. The Kier molecular flexibility index (Phi) is 6.26. The second kappa shape index (κ2) is 9.03. The molecule has 2 aromatic rings. The third-order valence-corrected chi connectivity index (χ3v) is 4.48. The highest BCUT2D eigenvalue weighted by molar-refractivity contribution is 5.96. The van der Waals surface area contributed by atoms with Crippen LogP contribution in [0.5, 0.6) is 5.75 Å². The van der Waals surface area contributed by atoms with E-state index in [4.69, 9.17) is 9.47 Å². The second-order valence-electron chi connectivity index (χ2n) is 6.41. The van der Waals surface area contributed by atoms with Crippen molar-refractivity contribution in [2.24, 2.45) is 0 Å². The van der Waals surface area contributed by atoms with Crippen LogP contribution in [0.4, 0.5) is 5.69 Å². The first kappa shape index (κ1) is 19.4. The summed E-state index contributed by atoms with van der Waals surface area (Å²) < 4.78 is 10.4. The number of methoxy groups -OCH3 is 1. The van der Waals surface area contributed by atoms with Gasteiger partial charge in [-0.2, -0.15) is 0 Å². The molecular weight excluding hydrogens is 360 g/mol. The number of hydrogen-bond donors (Lipinski definition) is 2. The number of benzene rings is 2. The number of hydrogen-bond acceptors (Lipinski definition) is 5. The molecule has 2 N–H and O–H groups in total. The number of carbonyl (C=O) groups excluding carboxylic acids is 3. The zero-order valence-corrected chi connectivity index (χ0v) is 15.6. The SMILES string of the molecule is COc1ccccc1CCNC(=O)COC(=O)c1ccc2c(c1)CCC(=O)N2. The van der Waals surface area contributed by atoms with Crippen molar-refractivity contribution in [3.63, 3.8) is 0 Å². The molecule has 7 nitrogen and oxygen atoms in total. The van der Waals surface area contributed by atoms with Gasteiger partial charge in [0.1, 0.15) is 5.75 Å². The predicted octanol–water partition coefficient (Wildman–Crippen LogP) is 2.10. The Balaban J connectivity index is 1.45. The lowest BCUT2D eigenvalue weighted by Gasteiger charge is -2.17. The summed E-state index contributed by atoms with van der Waals surface area (Å²) in [4.78, 5) is 35.5. The highest BCUT2D eigenvalue weighted by Crippen LogP contribution is 2.23. The number of para-hydroxylation sites is 1. The molecule has 146 valence electrons. The maximum absolute atomic E-state index is 12.2. The molecule has 0 unspecified atom stereocenters. The lowest BCUT2D eigenvalue weighted by Crippen LogP contribution is -2.30.